The van der Waals surface area contributed by atoms with Crippen molar-refractivity contribution >= 4 is 11.6 Å². The second kappa shape index (κ2) is 4.82. The monoisotopic (exact) mass is 248 g/mol. The van der Waals surface area contributed by atoms with Crippen LogP contribution >= 0.6 is 0 Å². The van der Waals surface area contributed by atoms with E-state index in [9.17, 15) is 4.79 Å². The Morgan fingerprint density at radius 1 is 1.33 bits per heavy atom. The number of amides is 1. The Bertz CT molecular complexity index is 543. The molecule has 0 aliphatic rings. The highest BCUT2D eigenvalue weighted by molar-refractivity contribution is 6.05. The van der Waals surface area contributed by atoms with Crippen LogP contribution in [0.3, 0.4) is 0 Å². The van der Waals surface area contributed by atoms with E-state index in [1.807, 2.05) is 0 Å². The number of methoxy groups -OCH3 is 1. The van der Waals surface area contributed by atoms with Crippen molar-refractivity contribution < 1.29 is 14.1 Å². The number of anilines is 1. The summed E-state index contributed by atoms with van der Waals surface area (Å²) < 4.78 is 9.75. The second-order valence-electron chi connectivity index (χ2n) is 3.61. The smallest absolute Gasteiger partial charge is 0.316 e. The molecule has 2 aromatic heterocycles. The van der Waals surface area contributed by atoms with E-state index >= 15 is 0 Å². The molecule has 0 radical (unpaired) electrons. The fourth-order valence-electron chi connectivity index (χ4n) is 1.49. The van der Waals surface area contributed by atoms with Gasteiger partial charge < -0.3 is 14.6 Å². The van der Waals surface area contributed by atoms with Gasteiger partial charge >= 0.3 is 6.01 Å². The van der Waals surface area contributed by atoms with Gasteiger partial charge in [-0.3, -0.25) is 4.79 Å². The Kier molecular flexibility index (Phi) is 3.22. The summed E-state index contributed by atoms with van der Waals surface area (Å²) in [5.74, 6) is 0.166. The first kappa shape index (κ1) is 12.0. The lowest BCUT2D eigenvalue weighted by Crippen LogP contribution is -2.14. The van der Waals surface area contributed by atoms with E-state index in [1.165, 1.54) is 19.5 Å². The molecule has 0 aliphatic heterocycles. The van der Waals surface area contributed by atoms with Gasteiger partial charge in [0.05, 0.1) is 30.9 Å². The van der Waals surface area contributed by atoms with E-state index in [0.717, 1.165) is 0 Å². The highest BCUT2D eigenvalue weighted by atomic mass is 16.5. The maximum absolute atomic E-state index is 12.0. The highest BCUT2D eigenvalue weighted by Gasteiger charge is 2.17. The first-order valence-corrected chi connectivity index (χ1v) is 5.22. The van der Waals surface area contributed by atoms with Gasteiger partial charge in [-0.15, -0.1) is 0 Å². The summed E-state index contributed by atoms with van der Waals surface area (Å²) >= 11 is 0. The molecule has 0 fully saturated rings. The zero-order chi connectivity index (χ0) is 13.1. The van der Waals surface area contributed by atoms with E-state index in [4.69, 9.17) is 9.26 Å². The third kappa shape index (κ3) is 2.29. The van der Waals surface area contributed by atoms with Crippen LogP contribution in [0.25, 0.3) is 0 Å². The Labute approximate surface area is 103 Å². The molecule has 2 aromatic rings. The fourth-order valence-corrected chi connectivity index (χ4v) is 1.49. The highest BCUT2D eigenvalue weighted by Crippen LogP contribution is 2.15. The van der Waals surface area contributed by atoms with Crippen molar-refractivity contribution in [1.29, 1.82) is 0 Å². The number of nitrogens with one attached hydrogen (secondary N) is 1. The summed E-state index contributed by atoms with van der Waals surface area (Å²) in [5, 5.41) is 6.38. The van der Waals surface area contributed by atoms with Gasteiger partial charge in [0.15, 0.2) is 0 Å². The molecule has 0 aromatic carbocycles. The van der Waals surface area contributed by atoms with Crippen LogP contribution in [0, 0.1) is 13.8 Å². The third-order valence-electron chi connectivity index (χ3n) is 2.33. The Hall–Kier alpha value is -2.44. The average Bonchev–Trinajstić information content (AvgIpc) is 2.70. The van der Waals surface area contributed by atoms with Crippen molar-refractivity contribution in [2.45, 2.75) is 13.8 Å². The van der Waals surface area contributed by atoms with Crippen molar-refractivity contribution in [3.63, 3.8) is 0 Å². The van der Waals surface area contributed by atoms with Gasteiger partial charge in [-0.2, -0.15) is 0 Å². The van der Waals surface area contributed by atoms with Crippen molar-refractivity contribution in [2.75, 3.05) is 12.4 Å². The summed E-state index contributed by atoms with van der Waals surface area (Å²) in [6.07, 6.45) is 2.92. The van der Waals surface area contributed by atoms with E-state index in [0.29, 0.717) is 22.7 Å². The summed E-state index contributed by atoms with van der Waals surface area (Å²) in [4.78, 5) is 19.8. The van der Waals surface area contributed by atoms with Crippen LogP contribution in [0.15, 0.2) is 16.9 Å². The molecule has 0 aliphatic carbocycles. The first-order chi connectivity index (χ1) is 8.61. The molecular formula is C11H12N4O3. The number of hydrogen-bond acceptors (Lipinski definition) is 6. The van der Waals surface area contributed by atoms with Crippen molar-refractivity contribution in [1.82, 2.24) is 15.1 Å². The standard InChI is InChI=1S/C11H12N4O3/c1-6-9(7(2)18-15-6)10(16)14-8-4-12-11(17-3)13-5-8/h4-5H,1-3H3,(H,14,16). The lowest BCUT2D eigenvalue weighted by Gasteiger charge is -2.04. The van der Waals surface area contributed by atoms with Crippen LogP contribution in [-0.4, -0.2) is 28.1 Å². The van der Waals surface area contributed by atoms with Gasteiger partial charge in [0, 0.05) is 0 Å². The zero-order valence-electron chi connectivity index (χ0n) is 10.2. The average molecular weight is 248 g/mol. The Morgan fingerprint density at radius 3 is 2.50 bits per heavy atom. The van der Waals surface area contributed by atoms with Crippen molar-refractivity contribution in [2.24, 2.45) is 0 Å². The molecule has 0 unspecified atom stereocenters. The molecule has 1 amide bonds. The van der Waals surface area contributed by atoms with Crippen LogP contribution in [0.1, 0.15) is 21.8 Å². The molecule has 18 heavy (non-hydrogen) atoms. The lowest BCUT2D eigenvalue weighted by atomic mass is 10.2. The van der Waals surface area contributed by atoms with Gasteiger partial charge in [0.25, 0.3) is 5.91 Å². The molecule has 2 rings (SSSR count). The number of aryl methyl sites for hydroxylation is 2. The molecular weight excluding hydrogens is 236 g/mol. The van der Waals surface area contributed by atoms with Gasteiger partial charge in [0.2, 0.25) is 0 Å². The normalized spacial score (nSPS) is 10.2. The summed E-state index contributed by atoms with van der Waals surface area (Å²) in [5.41, 5.74) is 1.44. The number of ether oxygens (including phenoxy) is 1. The second-order valence-corrected chi connectivity index (χ2v) is 3.61. The number of carbonyl (C=O) groups is 1. The molecule has 0 bridgehead atoms. The molecule has 0 saturated carbocycles. The summed E-state index contributed by atoms with van der Waals surface area (Å²) in [7, 11) is 1.47. The SMILES string of the molecule is COc1ncc(NC(=O)c2c(C)noc2C)cn1. The minimum atomic E-state index is -0.306. The Morgan fingerprint density at radius 2 is 2.00 bits per heavy atom. The molecule has 2 heterocycles. The van der Waals surface area contributed by atoms with E-state index in [2.05, 4.69) is 20.4 Å². The number of aromatic nitrogens is 3. The number of nitrogens with zero attached hydrogens (tertiary/aromatic N) is 3. The minimum absolute atomic E-state index is 0.241. The van der Waals surface area contributed by atoms with Crippen LogP contribution in [0.5, 0.6) is 6.01 Å². The van der Waals surface area contributed by atoms with E-state index in [-0.39, 0.29) is 11.9 Å². The van der Waals surface area contributed by atoms with Gasteiger partial charge in [-0.1, -0.05) is 5.16 Å². The van der Waals surface area contributed by atoms with Crippen LogP contribution in [0.4, 0.5) is 5.69 Å². The Balaban J connectivity index is 2.16. The molecule has 0 atom stereocenters. The largest absolute Gasteiger partial charge is 0.467 e. The molecule has 94 valence electrons. The third-order valence-corrected chi connectivity index (χ3v) is 2.33. The molecule has 7 nitrogen and oxygen atoms in total. The first-order valence-electron chi connectivity index (χ1n) is 5.22. The van der Waals surface area contributed by atoms with E-state index in [1.54, 1.807) is 13.8 Å². The maximum atomic E-state index is 12.0. The predicted molar refractivity (Wildman–Crippen MR) is 62.5 cm³/mol. The molecule has 0 saturated heterocycles. The van der Waals surface area contributed by atoms with Crippen LogP contribution in [0.2, 0.25) is 0 Å². The number of hydrogen-bond donors (Lipinski definition) is 1. The predicted octanol–water partition coefficient (Wildman–Crippen LogP) is 1.34. The lowest BCUT2D eigenvalue weighted by molar-refractivity contribution is 0.102. The summed E-state index contributed by atoms with van der Waals surface area (Å²) in [6, 6.07) is 0.241. The maximum Gasteiger partial charge on any atom is 0.316 e. The molecule has 1 N–H and O–H groups in total. The number of carbonyl (C=O) groups excluding carboxylic acids is 1. The van der Waals surface area contributed by atoms with Crippen LogP contribution < -0.4 is 10.1 Å². The van der Waals surface area contributed by atoms with Gasteiger partial charge in [0.1, 0.15) is 11.3 Å². The minimum Gasteiger partial charge on any atom is -0.467 e. The van der Waals surface area contributed by atoms with E-state index < -0.39 is 0 Å². The van der Waals surface area contributed by atoms with Gasteiger partial charge in [-0.05, 0) is 13.8 Å². The molecule has 7 heteroatoms. The van der Waals surface area contributed by atoms with Crippen molar-refractivity contribution in [3.05, 3.63) is 29.4 Å². The summed E-state index contributed by atoms with van der Waals surface area (Å²) in [6.45, 7) is 3.38. The topological polar surface area (TPSA) is 90.1 Å². The van der Waals surface area contributed by atoms with Crippen LogP contribution in [-0.2, 0) is 0 Å². The quantitative estimate of drug-likeness (QED) is 0.881. The number of rotatable bonds is 3. The fraction of sp³-hybridized carbons (Fsp3) is 0.273. The van der Waals surface area contributed by atoms with Gasteiger partial charge in [-0.25, -0.2) is 9.97 Å². The van der Waals surface area contributed by atoms with Crippen molar-refractivity contribution in [3.8, 4) is 6.01 Å². The zero-order valence-corrected chi connectivity index (χ0v) is 10.2. The molecule has 0 spiro atoms.